The SMILES string of the molecule is O=C(NCCCOc1ccc(S(=O)C2(C(=O)NO)CCOCC2)cc1)c1cccc2ccccc12. The average molecular weight is 497 g/mol. The summed E-state index contributed by atoms with van der Waals surface area (Å²) in [4.78, 5) is 25.4. The lowest BCUT2D eigenvalue weighted by atomic mass is 9.98. The number of hydrogen-bond donors (Lipinski definition) is 3. The van der Waals surface area contributed by atoms with E-state index >= 15 is 0 Å². The first kappa shape index (κ1) is 24.8. The number of carbonyl (C=O) groups is 2. The molecule has 2 amide bonds. The number of rotatable bonds is 9. The van der Waals surface area contributed by atoms with Gasteiger partial charge in [-0.15, -0.1) is 0 Å². The first-order chi connectivity index (χ1) is 17.0. The number of hydrogen-bond acceptors (Lipinski definition) is 6. The Kier molecular flexibility index (Phi) is 8.12. The van der Waals surface area contributed by atoms with E-state index in [1.54, 1.807) is 29.7 Å². The first-order valence-corrected chi connectivity index (χ1v) is 12.6. The summed E-state index contributed by atoms with van der Waals surface area (Å²) in [7, 11) is -1.66. The van der Waals surface area contributed by atoms with Crippen molar-refractivity contribution in [2.75, 3.05) is 26.4 Å². The van der Waals surface area contributed by atoms with Crippen molar-refractivity contribution >= 4 is 33.4 Å². The van der Waals surface area contributed by atoms with Crippen LogP contribution in [0, 0.1) is 0 Å². The number of fused-ring (bicyclic) bond motifs is 1. The van der Waals surface area contributed by atoms with Gasteiger partial charge in [-0.3, -0.25) is 19.0 Å². The molecule has 0 saturated carbocycles. The molecule has 1 aliphatic heterocycles. The molecule has 3 N–H and O–H groups in total. The van der Waals surface area contributed by atoms with Gasteiger partial charge >= 0.3 is 0 Å². The fraction of sp³-hybridized carbons (Fsp3) is 0.308. The van der Waals surface area contributed by atoms with Crippen LogP contribution in [-0.4, -0.2) is 52.3 Å². The number of benzene rings is 3. The normalized spacial score (nSPS) is 15.8. The number of ether oxygens (including phenoxy) is 2. The molecule has 0 aliphatic carbocycles. The molecule has 1 unspecified atom stereocenters. The predicted molar refractivity (Wildman–Crippen MR) is 132 cm³/mol. The minimum Gasteiger partial charge on any atom is -0.494 e. The number of hydroxylamine groups is 1. The second-order valence-electron chi connectivity index (χ2n) is 8.27. The van der Waals surface area contributed by atoms with E-state index < -0.39 is 21.5 Å². The van der Waals surface area contributed by atoms with Gasteiger partial charge in [0.15, 0.2) is 0 Å². The monoisotopic (exact) mass is 496 g/mol. The quantitative estimate of drug-likeness (QED) is 0.238. The molecular weight excluding hydrogens is 468 g/mol. The van der Waals surface area contributed by atoms with Gasteiger partial charge in [0.05, 0.1) is 17.4 Å². The molecule has 0 radical (unpaired) electrons. The summed E-state index contributed by atoms with van der Waals surface area (Å²) in [5, 5.41) is 14.0. The molecule has 9 heteroatoms. The summed E-state index contributed by atoms with van der Waals surface area (Å²) in [5.41, 5.74) is 2.31. The van der Waals surface area contributed by atoms with Gasteiger partial charge in [0.1, 0.15) is 10.5 Å². The number of nitrogens with one attached hydrogen (secondary N) is 2. The molecule has 3 aromatic rings. The first-order valence-electron chi connectivity index (χ1n) is 11.5. The maximum absolute atomic E-state index is 13.2. The second kappa shape index (κ2) is 11.4. The van der Waals surface area contributed by atoms with E-state index in [1.165, 1.54) is 0 Å². The van der Waals surface area contributed by atoms with Gasteiger partial charge in [-0.25, -0.2) is 5.48 Å². The predicted octanol–water partition coefficient (Wildman–Crippen LogP) is 3.20. The topological polar surface area (TPSA) is 114 Å². The van der Waals surface area contributed by atoms with Crippen molar-refractivity contribution in [1.29, 1.82) is 0 Å². The highest BCUT2D eigenvalue weighted by Gasteiger charge is 2.46. The van der Waals surface area contributed by atoms with Crippen LogP contribution in [-0.2, 0) is 20.3 Å². The van der Waals surface area contributed by atoms with Gasteiger partial charge in [-0.2, -0.15) is 0 Å². The summed E-state index contributed by atoms with van der Waals surface area (Å²) >= 11 is 0. The van der Waals surface area contributed by atoms with Crippen molar-refractivity contribution < 1.29 is 28.5 Å². The van der Waals surface area contributed by atoms with E-state index in [4.69, 9.17) is 14.7 Å². The summed E-state index contributed by atoms with van der Waals surface area (Å²) in [6.07, 6.45) is 1.13. The molecular formula is C26H28N2O6S. The molecule has 4 rings (SSSR count). The molecule has 1 saturated heterocycles. The van der Waals surface area contributed by atoms with Crippen LogP contribution in [0.3, 0.4) is 0 Å². The van der Waals surface area contributed by atoms with E-state index in [-0.39, 0.29) is 18.7 Å². The van der Waals surface area contributed by atoms with Crippen LogP contribution in [0.5, 0.6) is 5.75 Å². The molecule has 3 aromatic carbocycles. The molecule has 1 fully saturated rings. The van der Waals surface area contributed by atoms with Crippen LogP contribution < -0.4 is 15.5 Å². The summed E-state index contributed by atoms with van der Waals surface area (Å²) in [6.45, 7) is 1.46. The Morgan fingerprint density at radius 2 is 1.71 bits per heavy atom. The third kappa shape index (κ3) is 5.53. The van der Waals surface area contributed by atoms with Gasteiger partial charge in [0, 0.05) is 30.2 Å². The van der Waals surface area contributed by atoms with Crippen LogP contribution in [0.25, 0.3) is 10.8 Å². The maximum Gasteiger partial charge on any atom is 0.262 e. The van der Waals surface area contributed by atoms with Crippen LogP contribution in [0.4, 0.5) is 0 Å². The van der Waals surface area contributed by atoms with Crippen molar-refractivity contribution in [2.24, 2.45) is 0 Å². The highest BCUT2D eigenvalue weighted by atomic mass is 32.2. The number of carbonyl (C=O) groups excluding carboxylic acids is 2. The minimum absolute atomic E-state index is 0.123. The molecule has 1 aliphatic rings. The smallest absolute Gasteiger partial charge is 0.262 e. The lowest BCUT2D eigenvalue weighted by molar-refractivity contribution is -0.134. The molecule has 0 bridgehead atoms. The fourth-order valence-electron chi connectivity index (χ4n) is 4.17. The Balaban J connectivity index is 1.27. The van der Waals surface area contributed by atoms with Crippen molar-refractivity contribution in [3.8, 4) is 5.75 Å². The van der Waals surface area contributed by atoms with Gasteiger partial charge in [-0.1, -0.05) is 36.4 Å². The Morgan fingerprint density at radius 3 is 2.46 bits per heavy atom. The molecule has 0 aromatic heterocycles. The van der Waals surface area contributed by atoms with Crippen molar-refractivity contribution in [3.05, 3.63) is 72.3 Å². The molecule has 35 heavy (non-hydrogen) atoms. The van der Waals surface area contributed by atoms with E-state index in [0.717, 1.165) is 10.8 Å². The highest BCUT2D eigenvalue weighted by Crippen LogP contribution is 2.32. The fourth-order valence-corrected chi connectivity index (χ4v) is 5.75. The Bertz CT molecular complexity index is 1200. The van der Waals surface area contributed by atoms with E-state index in [0.29, 0.717) is 49.0 Å². The lowest BCUT2D eigenvalue weighted by Gasteiger charge is -2.33. The van der Waals surface area contributed by atoms with E-state index in [9.17, 15) is 13.8 Å². The zero-order chi connectivity index (χ0) is 24.7. The van der Waals surface area contributed by atoms with E-state index in [2.05, 4.69) is 5.32 Å². The van der Waals surface area contributed by atoms with Gasteiger partial charge in [0.25, 0.3) is 11.8 Å². The number of amides is 2. The third-order valence-electron chi connectivity index (χ3n) is 6.12. The largest absolute Gasteiger partial charge is 0.494 e. The molecule has 0 spiro atoms. The van der Waals surface area contributed by atoms with E-state index in [1.807, 2.05) is 42.5 Å². The van der Waals surface area contributed by atoms with Gasteiger partial charge < -0.3 is 14.8 Å². The van der Waals surface area contributed by atoms with Crippen molar-refractivity contribution in [3.63, 3.8) is 0 Å². The van der Waals surface area contributed by atoms with Crippen LogP contribution >= 0.6 is 0 Å². The van der Waals surface area contributed by atoms with Crippen LogP contribution in [0.15, 0.2) is 71.6 Å². The maximum atomic E-state index is 13.2. The van der Waals surface area contributed by atoms with Gasteiger partial charge in [0.2, 0.25) is 0 Å². The van der Waals surface area contributed by atoms with Crippen LogP contribution in [0.1, 0.15) is 29.6 Å². The molecule has 1 heterocycles. The standard InChI is InChI=1S/C26H28N2O6S/c29-24(23-8-3-6-19-5-1-2-7-22(19)23)27-15-4-16-34-20-9-11-21(12-10-20)35(32)26(25(30)28-31)13-17-33-18-14-26/h1-3,5-12,31H,4,13-18H2,(H,27,29)(H,28,30). The Labute approximate surface area is 206 Å². The highest BCUT2D eigenvalue weighted by molar-refractivity contribution is 7.87. The molecule has 8 nitrogen and oxygen atoms in total. The molecule has 1 atom stereocenters. The summed E-state index contributed by atoms with van der Waals surface area (Å²) < 4.78 is 23.0. The zero-order valence-electron chi connectivity index (χ0n) is 19.2. The minimum atomic E-state index is -1.66. The van der Waals surface area contributed by atoms with Gasteiger partial charge in [-0.05, 0) is 60.4 Å². The summed E-state index contributed by atoms with van der Waals surface area (Å²) in [6, 6.07) is 20.2. The molecule has 184 valence electrons. The third-order valence-corrected chi connectivity index (χ3v) is 8.12. The van der Waals surface area contributed by atoms with Crippen molar-refractivity contribution in [1.82, 2.24) is 10.8 Å². The van der Waals surface area contributed by atoms with Crippen LogP contribution in [0.2, 0.25) is 0 Å². The average Bonchev–Trinajstić information content (AvgIpc) is 2.92. The Morgan fingerprint density at radius 1 is 1.00 bits per heavy atom. The second-order valence-corrected chi connectivity index (χ2v) is 10.1. The lowest BCUT2D eigenvalue weighted by Crippen LogP contribution is -2.52. The summed E-state index contributed by atoms with van der Waals surface area (Å²) in [5.74, 6) is -0.189. The van der Waals surface area contributed by atoms with Crippen molar-refractivity contribution in [2.45, 2.75) is 28.9 Å². The Hall–Kier alpha value is -3.27. The zero-order valence-corrected chi connectivity index (χ0v) is 20.0.